The molecule has 1 saturated heterocycles. The highest BCUT2D eigenvalue weighted by atomic mass is 15.2. The van der Waals surface area contributed by atoms with Crippen LogP contribution in [0, 0.1) is 11.3 Å². The lowest BCUT2D eigenvalue weighted by molar-refractivity contribution is 0.723. The highest BCUT2D eigenvalue weighted by Crippen LogP contribution is 2.28. The van der Waals surface area contributed by atoms with E-state index in [4.69, 9.17) is 0 Å². The minimum Gasteiger partial charge on any atom is -0.368 e. The van der Waals surface area contributed by atoms with Gasteiger partial charge in [0.1, 0.15) is 6.07 Å². The first-order valence-electron chi connectivity index (χ1n) is 6.76. The maximum atomic E-state index is 9.32. The smallest absolute Gasteiger partial charge is 0.101 e. The standard InChI is InChI=1S/C15H21N3/c1-3-17-11-13-6-7-15(14(9-13)10-16)18-8-4-5-12(18)2/h6-7,9,12,17H,3-5,8,11H2,1-2H3. The number of nitrogens with zero attached hydrogens (tertiary/aromatic N) is 2. The summed E-state index contributed by atoms with van der Waals surface area (Å²) in [6.07, 6.45) is 2.45. The highest BCUT2D eigenvalue weighted by molar-refractivity contribution is 5.61. The maximum Gasteiger partial charge on any atom is 0.101 e. The minimum atomic E-state index is 0.553. The molecular formula is C15H21N3. The third-order valence-electron chi connectivity index (χ3n) is 3.62. The maximum absolute atomic E-state index is 9.32. The Bertz CT molecular complexity index is 448. The summed E-state index contributed by atoms with van der Waals surface area (Å²) < 4.78 is 0. The van der Waals surface area contributed by atoms with E-state index in [2.05, 4.69) is 42.3 Å². The van der Waals surface area contributed by atoms with Crippen molar-refractivity contribution in [1.29, 1.82) is 5.26 Å². The molecule has 0 radical (unpaired) electrons. The van der Waals surface area contributed by atoms with Gasteiger partial charge in [-0.2, -0.15) is 5.26 Å². The third kappa shape index (κ3) is 2.65. The van der Waals surface area contributed by atoms with Gasteiger partial charge in [-0.15, -0.1) is 0 Å². The number of rotatable bonds is 4. The van der Waals surface area contributed by atoms with Crippen molar-refractivity contribution >= 4 is 5.69 Å². The number of hydrogen-bond acceptors (Lipinski definition) is 3. The first-order chi connectivity index (χ1) is 8.76. The summed E-state index contributed by atoms with van der Waals surface area (Å²) in [6.45, 7) is 7.18. The van der Waals surface area contributed by atoms with E-state index in [1.165, 1.54) is 18.4 Å². The van der Waals surface area contributed by atoms with Gasteiger partial charge in [0.15, 0.2) is 0 Å². The zero-order chi connectivity index (χ0) is 13.0. The molecule has 0 aliphatic carbocycles. The molecule has 0 aromatic heterocycles. The fourth-order valence-corrected chi connectivity index (χ4v) is 2.59. The molecule has 1 N–H and O–H groups in total. The lowest BCUT2D eigenvalue weighted by Crippen LogP contribution is -2.27. The molecule has 1 fully saturated rings. The number of benzene rings is 1. The van der Waals surface area contributed by atoms with Crippen LogP contribution in [0.5, 0.6) is 0 Å². The molecule has 1 atom stereocenters. The second-order valence-corrected chi connectivity index (χ2v) is 4.93. The summed E-state index contributed by atoms with van der Waals surface area (Å²) in [4.78, 5) is 2.36. The van der Waals surface area contributed by atoms with Crippen molar-refractivity contribution in [2.45, 2.75) is 39.3 Å². The molecule has 0 spiro atoms. The van der Waals surface area contributed by atoms with Crippen LogP contribution in [0.3, 0.4) is 0 Å². The molecule has 3 nitrogen and oxygen atoms in total. The minimum absolute atomic E-state index is 0.553. The van der Waals surface area contributed by atoms with Crippen LogP contribution in [0.15, 0.2) is 18.2 Å². The molecule has 2 rings (SSSR count). The summed E-state index contributed by atoms with van der Waals surface area (Å²) in [5.74, 6) is 0. The van der Waals surface area contributed by atoms with Gasteiger partial charge in [0.25, 0.3) is 0 Å². The lowest BCUT2D eigenvalue weighted by atomic mass is 10.1. The van der Waals surface area contributed by atoms with Gasteiger partial charge in [-0.3, -0.25) is 0 Å². The quantitative estimate of drug-likeness (QED) is 0.883. The van der Waals surface area contributed by atoms with E-state index >= 15 is 0 Å². The van der Waals surface area contributed by atoms with Crippen LogP contribution >= 0.6 is 0 Å². The molecule has 96 valence electrons. The zero-order valence-electron chi connectivity index (χ0n) is 11.2. The van der Waals surface area contributed by atoms with Crippen LogP contribution < -0.4 is 10.2 Å². The summed E-state index contributed by atoms with van der Waals surface area (Å²) in [6, 6.07) is 9.14. The summed E-state index contributed by atoms with van der Waals surface area (Å²) in [5.41, 5.74) is 3.09. The average molecular weight is 243 g/mol. The van der Waals surface area contributed by atoms with Crippen molar-refractivity contribution in [3.63, 3.8) is 0 Å². The molecule has 18 heavy (non-hydrogen) atoms. The Morgan fingerprint density at radius 3 is 2.94 bits per heavy atom. The molecule has 1 aromatic rings. The van der Waals surface area contributed by atoms with Crippen LogP contribution in [0.1, 0.15) is 37.8 Å². The molecule has 1 heterocycles. The van der Waals surface area contributed by atoms with E-state index in [0.717, 1.165) is 30.9 Å². The average Bonchev–Trinajstić information content (AvgIpc) is 2.82. The molecule has 1 aliphatic rings. The molecule has 0 bridgehead atoms. The SMILES string of the molecule is CCNCc1ccc(N2CCCC2C)c(C#N)c1. The highest BCUT2D eigenvalue weighted by Gasteiger charge is 2.22. The number of nitriles is 1. The van der Waals surface area contributed by atoms with E-state index < -0.39 is 0 Å². The molecule has 0 saturated carbocycles. The Balaban J connectivity index is 2.23. The Morgan fingerprint density at radius 1 is 1.50 bits per heavy atom. The predicted octanol–water partition coefficient (Wildman–Crippen LogP) is 2.66. The van der Waals surface area contributed by atoms with E-state index in [0.29, 0.717) is 6.04 Å². The fourth-order valence-electron chi connectivity index (χ4n) is 2.59. The van der Waals surface area contributed by atoms with Crippen molar-refractivity contribution in [2.75, 3.05) is 18.0 Å². The van der Waals surface area contributed by atoms with Crippen LogP contribution in [0.2, 0.25) is 0 Å². The summed E-state index contributed by atoms with van der Waals surface area (Å²) in [7, 11) is 0. The van der Waals surface area contributed by atoms with Crippen molar-refractivity contribution in [3.8, 4) is 6.07 Å². The Hall–Kier alpha value is -1.53. The Kier molecular flexibility index (Phi) is 4.22. The van der Waals surface area contributed by atoms with Crippen molar-refractivity contribution in [1.82, 2.24) is 5.32 Å². The number of anilines is 1. The van der Waals surface area contributed by atoms with Crippen LogP contribution in [-0.4, -0.2) is 19.1 Å². The number of hydrogen-bond donors (Lipinski definition) is 1. The first kappa shape index (κ1) is 12.9. The van der Waals surface area contributed by atoms with Crippen molar-refractivity contribution < 1.29 is 0 Å². The van der Waals surface area contributed by atoms with E-state index in [9.17, 15) is 5.26 Å². The predicted molar refractivity (Wildman–Crippen MR) is 74.6 cm³/mol. The lowest BCUT2D eigenvalue weighted by Gasteiger charge is -2.25. The van der Waals surface area contributed by atoms with E-state index in [1.807, 2.05) is 6.07 Å². The molecule has 1 aromatic carbocycles. The normalized spacial score (nSPS) is 18.9. The number of nitrogens with one attached hydrogen (secondary N) is 1. The third-order valence-corrected chi connectivity index (χ3v) is 3.62. The van der Waals surface area contributed by atoms with Gasteiger partial charge in [-0.25, -0.2) is 0 Å². The van der Waals surface area contributed by atoms with Crippen LogP contribution in [0.4, 0.5) is 5.69 Å². The Morgan fingerprint density at radius 2 is 2.33 bits per heavy atom. The van der Waals surface area contributed by atoms with Gasteiger partial charge < -0.3 is 10.2 Å². The van der Waals surface area contributed by atoms with Gasteiger partial charge in [-0.05, 0) is 44.0 Å². The van der Waals surface area contributed by atoms with Gasteiger partial charge in [0, 0.05) is 19.1 Å². The largest absolute Gasteiger partial charge is 0.368 e. The monoisotopic (exact) mass is 243 g/mol. The second kappa shape index (κ2) is 5.88. The fraction of sp³-hybridized carbons (Fsp3) is 0.533. The molecule has 1 aliphatic heterocycles. The van der Waals surface area contributed by atoms with Gasteiger partial charge in [0.2, 0.25) is 0 Å². The second-order valence-electron chi connectivity index (χ2n) is 4.93. The van der Waals surface area contributed by atoms with Crippen molar-refractivity contribution in [3.05, 3.63) is 29.3 Å². The first-order valence-corrected chi connectivity index (χ1v) is 6.76. The van der Waals surface area contributed by atoms with Crippen molar-refractivity contribution in [2.24, 2.45) is 0 Å². The van der Waals surface area contributed by atoms with Gasteiger partial charge in [0.05, 0.1) is 11.3 Å². The molecule has 1 unspecified atom stereocenters. The van der Waals surface area contributed by atoms with E-state index in [1.54, 1.807) is 0 Å². The van der Waals surface area contributed by atoms with Gasteiger partial charge in [-0.1, -0.05) is 13.0 Å². The van der Waals surface area contributed by atoms with Crippen LogP contribution in [0.25, 0.3) is 0 Å². The van der Waals surface area contributed by atoms with Gasteiger partial charge >= 0.3 is 0 Å². The Labute approximate surface area is 109 Å². The topological polar surface area (TPSA) is 39.1 Å². The molecule has 3 heteroatoms. The summed E-state index contributed by atoms with van der Waals surface area (Å²) in [5, 5.41) is 12.6. The molecular weight excluding hydrogens is 222 g/mol. The molecule has 0 amide bonds. The summed E-state index contributed by atoms with van der Waals surface area (Å²) >= 11 is 0. The van der Waals surface area contributed by atoms with Crippen LogP contribution in [-0.2, 0) is 6.54 Å². The van der Waals surface area contributed by atoms with E-state index in [-0.39, 0.29) is 0 Å². The zero-order valence-corrected chi connectivity index (χ0v) is 11.2.